The Morgan fingerprint density at radius 3 is 2.39 bits per heavy atom. The second-order valence-corrected chi connectivity index (χ2v) is 6.86. The van der Waals surface area contributed by atoms with Crippen molar-refractivity contribution in [2.45, 2.75) is 19.9 Å². The van der Waals surface area contributed by atoms with Gasteiger partial charge in [-0.3, -0.25) is 14.5 Å². The SMILES string of the molecule is CCN(CC(=O)Nc1ccc(OC)cc1)CC(=O)N[C@@H](C)c1cccc(Cl)c1. The largest absolute Gasteiger partial charge is 0.497 e. The molecule has 0 bridgehead atoms. The van der Waals surface area contributed by atoms with Crippen molar-refractivity contribution in [1.82, 2.24) is 10.2 Å². The molecule has 7 heteroatoms. The van der Waals surface area contributed by atoms with Crippen molar-refractivity contribution in [3.8, 4) is 5.75 Å². The van der Waals surface area contributed by atoms with Gasteiger partial charge in [-0.1, -0.05) is 30.7 Å². The average Bonchev–Trinajstić information content (AvgIpc) is 2.67. The van der Waals surface area contributed by atoms with Gasteiger partial charge in [0.2, 0.25) is 11.8 Å². The third-order valence-corrected chi connectivity index (χ3v) is 4.52. The third kappa shape index (κ3) is 6.87. The van der Waals surface area contributed by atoms with Gasteiger partial charge in [0, 0.05) is 10.7 Å². The highest BCUT2D eigenvalue weighted by atomic mass is 35.5. The lowest BCUT2D eigenvalue weighted by Crippen LogP contribution is -2.41. The van der Waals surface area contributed by atoms with Gasteiger partial charge in [-0.15, -0.1) is 0 Å². The van der Waals surface area contributed by atoms with Crippen molar-refractivity contribution in [2.24, 2.45) is 0 Å². The Bertz CT molecular complexity index is 796. The summed E-state index contributed by atoms with van der Waals surface area (Å²) >= 11 is 6.00. The molecule has 0 aliphatic carbocycles. The number of carbonyl (C=O) groups is 2. The molecule has 0 heterocycles. The minimum atomic E-state index is -0.178. The van der Waals surface area contributed by atoms with E-state index in [0.29, 0.717) is 17.3 Å². The number of hydrogen-bond acceptors (Lipinski definition) is 4. The number of benzene rings is 2. The van der Waals surface area contributed by atoms with Gasteiger partial charge in [-0.25, -0.2) is 0 Å². The number of methoxy groups -OCH3 is 1. The van der Waals surface area contributed by atoms with Gasteiger partial charge in [0.05, 0.1) is 26.2 Å². The second kappa shape index (κ2) is 10.7. The van der Waals surface area contributed by atoms with Crippen molar-refractivity contribution in [1.29, 1.82) is 0 Å². The van der Waals surface area contributed by atoms with Crippen LogP contribution in [0.2, 0.25) is 5.02 Å². The topological polar surface area (TPSA) is 70.7 Å². The molecule has 0 aliphatic rings. The van der Waals surface area contributed by atoms with E-state index in [0.717, 1.165) is 11.3 Å². The molecular weight excluding hydrogens is 378 g/mol. The molecule has 0 saturated carbocycles. The van der Waals surface area contributed by atoms with Crippen molar-refractivity contribution in [3.05, 3.63) is 59.1 Å². The van der Waals surface area contributed by atoms with Crippen LogP contribution in [0.1, 0.15) is 25.5 Å². The van der Waals surface area contributed by atoms with Crippen LogP contribution < -0.4 is 15.4 Å². The van der Waals surface area contributed by atoms with E-state index in [1.807, 2.05) is 32.0 Å². The van der Waals surface area contributed by atoms with Crippen molar-refractivity contribution in [2.75, 3.05) is 32.1 Å². The molecular formula is C21H26ClN3O3. The first-order valence-corrected chi connectivity index (χ1v) is 9.50. The lowest BCUT2D eigenvalue weighted by Gasteiger charge is -2.21. The summed E-state index contributed by atoms with van der Waals surface area (Å²) in [4.78, 5) is 26.4. The number of hydrogen-bond donors (Lipinski definition) is 2. The van der Waals surface area contributed by atoms with E-state index in [-0.39, 0.29) is 30.9 Å². The van der Waals surface area contributed by atoms with Crippen LogP contribution in [-0.2, 0) is 9.59 Å². The highest BCUT2D eigenvalue weighted by Crippen LogP contribution is 2.17. The quantitative estimate of drug-likeness (QED) is 0.672. The molecule has 0 aliphatic heterocycles. The molecule has 0 unspecified atom stereocenters. The number of nitrogens with zero attached hydrogens (tertiary/aromatic N) is 1. The van der Waals surface area contributed by atoms with Gasteiger partial charge in [0.25, 0.3) is 0 Å². The molecule has 1 atom stereocenters. The van der Waals surface area contributed by atoms with Crippen LogP contribution in [0.3, 0.4) is 0 Å². The molecule has 2 aromatic carbocycles. The van der Waals surface area contributed by atoms with Gasteiger partial charge in [-0.2, -0.15) is 0 Å². The highest BCUT2D eigenvalue weighted by molar-refractivity contribution is 6.30. The Balaban J connectivity index is 1.84. The molecule has 2 rings (SSSR count). The van der Waals surface area contributed by atoms with E-state index in [2.05, 4.69) is 10.6 Å². The van der Waals surface area contributed by atoms with Crippen LogP contribution in [0.15, 0.2) is 48.5 Å². The number of nitrogens with one attached hydrogen (secondary N) is 2. The lowest BCUT2D eigenvalue weighted by molar-refractivity contribution is -0.123. The second-order valence-electron chi connectivity index (χ2n) is 6.42. The molecule has 28 heavy (non-hydrogen) atoms. The number of amides is 2. The maximum Gasteiger partial charge on any atom is 0.238 e. The number of anilines is 1. The molecule has 0 saturated heterocycles. The van der Waals surface area contributed by atoms with E-state index < -0.39 is 0 Å². The van der Waals surface area contributed by atoms with Crippen molar-refractivity contribution in [3.63, 3.8) is 0 Å². The molecule has 0 spiro atoms. The zero-order valence-electron chi connectivity index (χ0n) is 16.4. The number of halogens is 1. The summed E-state index contributed by atoms with van der Waals surface area (Å²) in [6, 6.07) is 14.3. The van der Waals surface area contributed by atoms with Crippen molar-refractivity contribution >= 4 is 29.1 Å². The van der Waals surface area contributed by atoms with E-state index in [1.54, 1.807) is 42.3 Å². The molecule has 2 aromatic rings. The molecule has 2 amide bonds. The zero-order chi connectivity index (χ0) is 20.5. The molecule has 0 radical (unpaired) electrons. The van der Waals surface area contributed by atoms with Gasteiger partial charge in [0.1, 0.15) is 5.75 Å². The van der Waals surface area contributed by atoms with Gasteiger partial charge >= 0.3 is 0 Å². The van der Waals surface area contributed by atoms with Crippen LogP contribution in [0, 0.1) is 0 Å². The number of ether oxygens (including phenoxy) is 1. The lowest BCUT2D eigenvalue weighted by atomic mass is 10.1. The Morgan fingerprint density at radius 1 is 1.11 bits per heavy atom. The molecule has 0 fully saturated rings. The summed E-state index contributed by atoms with van der Waals surface area (Å²) in [7, 11) is 1.59. The van der Waals surface area contributed by atoms with E-state index >= 15 is 0 Å². The highest BCUT2D eigenvalue weighted by Gasteiger charge is 2.16. The van der Waals surface area contributed by atoms with Crippen LogP contribution in [-0.4, -0.2) is 43.5 Å². The van der Waals surface area contributed by atoms with E-state index in [9.17, 15) is 9.59 Å². The van der Waals surface area contributed by atoms with E-state index in [1.165, 1.54) is 0 Å². The first-order valence-electron chi connectivity index (χ1n) is 9.12. The average molecular weight is 404 g/mol. The van der Waals surface area contributed by atoms with Crippen LogP contribution >= 0.6 is 11.6 Å². The van der Waals surface area contributed by atoms with Gasteiger partial charge in [-0.05, 0) is 55.4 Å². The molecule has 0 aromatic heterocycles. The summed E-state index contributed by atoms with van der Waals surface area (Å²) in [5.74, 6) is 0.396. The Kier molecular flexibility index (Phi) is 8.29. The standard InChI is InChI=1S/C21H26ClN3O3/c1-4-25(14-21(27)24-18-8-10-19(28-3)11-9-18)13-20(26)23-15(2)16-6-5-7-17(22)12-16/h5-12,15H,4,13-14H2,1-3H3,(H,23,26)(H,24,27)/t15-/m0/s1. The maximum atomic E-state index is 12.4. The fourth-order valence-corrected chi connectivity index (χ4v) is 2.91. The summed E-state index contributed by atoms with van der Waals surface area (Å²) in [5, 5.41) is 6.39. The molecule has 150 valence electrons. The fourth-order valence-electron chi connectivity index (χ4n) is 2.71. The number of rotatable bonds is 9. The number of carbonyl (C=O) groups excluding carboxylic acids is 2. The first kappa shape index (κ1) is 21.7. The predicted molar refractivity (Wildman–Crippen MR) is 112 cm³/mol. The summed E-state index contributed by atoms with van der Waals surface area (Å²) in [6.07, 6.45) is 0. The monoisotopic (exact) mass is 403 g/mol. The maximum absolute atomic E-state index is 12.4. The smallest absolute Gasteiger partial charge is 0.238 e. The minimum Gasteiger partial charge on any atom is -0.497 e. The minimum absolute atomic E-state index is 0.126. The van der Waals surface area contributed by atoms with Crippen molar-refractivity contribution < 1.29 is 14.3 Å². The molecule has 6 nitrogen and oxygen atoms in total. The van der Waals surface area contributed by atoms with Crippen LogP contribution in [0.25, 0.3) is 0 Å². The third-order valence-electron chi connectivity index (χ3n) is 4.28. The first-order chi connectivity index (χ1) is 13.4. The molecule has 2 N–H and O–H groups in total. The van der Waals surface area contributed by atoms with Crippen LogP contribution in [0.4, 0.5) is 5.69 Å². The number of likely N-dealkylation sites (N-methyl/N-ethyl adjacent to an activating group) is 1. The Labute approximate surface area is 170 Å². The summed E-state index contributed by atoms with van der Waals surface area (Å²) in [5.41, 5.74) is 1.61. The van der Waals surface area contributed by atoms with E-state index in [4.69, 9.17) is 16.3 Å². The van der Waals surface area contributed by atoms with Crippen LogP contribution in [0.5, 0.6) is 5.75 Å². The fraction of sp³-hybridized carbons (Fsp3) is 0.333. The zero-order valence-corrected chi connectivity index (χ0v) is 17.1. The van der Waals surface area contributed by atoms with Gasteiger partial charge < -0.3 is 15.4 Å². The Hall–Kier alpha value is -2.57. The Morgan fingerprint density at radius 2 is 1.79 bits per heavy atom. The van der Waals surface area contributed by atoms with Gasteiger partial charge in [0.15, 0.2) is 0 Å². The summed E-state index contributed by atoms with van der Waals surface area (Å²) in [6.45, 7) is 4.65. The normalized spacial score (nSPS) is 11.8. The predicted octanol–water partition coefficient (Wildman–Crippen LogP) is 3.49. The summed E-state index contributed by atoms with van der Waals surface area (Å²) < 4.78 is 5.10.